The summed E-state index contributed by atoms with van der Waals surface area (Å²) in [5.41, 5.74) is 7.87. The minimum atomic E-state index is 0.656. The van der Waals surface area contributed by atoms with Crippen molar-refractivity contribution in [3.63, 3.8) is 0 Å². The summed E-state index contributed by atoms with van der Waals surface area (Å²) >= 11 is 5.99. The minimum Gasteiger partial charge on any atom is -0.494 e. The number of rotatable bonds is 7. The summed E-state index contributed by atoms with van der Waals surface area (Å²) in [6.45, 7) is 4.78. The van der Waals surface area contributed by atoms with Crippen LogP contribution >= 0.6 is 11.6 Å². The van der Waals surface area contributed by atoms with Gasteiger partial charge in [0.05, 0.1) is 6.61 Å². The summed E-state index contributed by atoms with van der Waals surface area (Å²) in [5.74, 6) is 0.893. The van der Waals surface area contributed by atoms with Gasteiger partial charge in [-0.05, 0) is 57.0 Å². The van der Waals surface area contributed by atoms with Gasteiger partial charge in [0.2, 0.25) is 0 Å². The van der Waals surface area contributed by atoms with Gasteiger partial charge in [0, 0.05) is 5.02 Å². The van der Waals surface area contributed by atoms with Crippen molar-refractivity contribution in [2.24, 2.45) is 5.73 Å². The first-order chi connectivity index (χ1) is 9.17. The van der Waals surface area contributed by atoms with Crippen molar-refractivity contribution in [1.29, 1.82) is 0 Å². The molecule has 0 bridgehead atoms. The normalized spacial score (nSPS) is 12.1. The molecule has 0 radical (unpaired) electrons. The Labute approximate surface area is 120 Å². The SMILES string of the molecule is CCOc1cc(Cl)ccc1CC/C(C)=C\C/C=C\N. The second-order valence-corrected chi connectivity index (χ2v) is 4.84. The molecule has 0 aliphatic heterocycles. The maximum atomic E-state index is 5.99. The average Bonchev–Trinajstić information content (AvgIpc) is 2.38. The van der Waals surface area contributed by atoms with Crippen molar-refractivity contribution in [3.8, 4) is 5.75 Å². The van der Waals surface area contributed by atoms with Crippen LogP contribution in [-0.2, 0) is 6.42 Å². The quantitative estimate of drug-likeness (QED) is 0.747. The first kappa shape index (κ1) is 15.6. The van der Waals surface area contributed by atoms with Crippen molar-refractivity contribution >= 4 is 11.6 Å². The molecule has 0 amide bonds. The van der Waals surface area contributed by atoms with E-state index in [4.69, 9.17) is 22.1 Å². The van der Waals surface area contributed by atoms with Gasteiger partial charge in [-0.1, -0.05) is 35.4 Å². The molecule has 0 unspecified atom stereocenters. The molecular formula is C16H22ClNO. The number of hydrogen-bond donors (Lipinski definition) is 1. The minimum absolute atomic E-state index is 0.656. The van der Waals surface area contributed by atoms with Crippen LogP contribution in [-0.4, -0.2) is 6.61 Å². The van der Waals surface area contributed by atoms with Crippen molar-refractivity contribution < 1.29 is 4.74 Å². The molecule has 1 aromatic carbocycles. The molecule has 0 aliphatic rings. The lowest BCUT2D eigenvalue weighted by molar-refractivity contribution is 0.336. The van der Waals surface area contributed by atoms with Crippen molar-refractivity contribution in [1.82, 2.24) is 0 Å². The first-order valence-corrected chi connectivity index (χ1v) is 6.98. The molecule has 0 saturated carbocycles. The third-order valence-corrected chi connectivity index (χ3v) is 3.09. The van der Waals surface area contributed by atoms with E-state index in [1.165, 1.54) is 11.1 Å². The molecule has 0 aliphatic carbocycles. The second-order valence-electron chi connectivity index (χ2n) is 4.40. The number of nitrogens with two attached hydrogens (primary N) is 1. The molecule has 1 aromatic rings. The van der Waals surface area contributed by atoms with E-state index in [0.717, 1.165) is 25.0 Å². The summed E-state index contributed by atoms with van der Waals surface area (Å²) in [5, 5.41) is 0.715. The number of benzene rings is 1. The van der Waals surface area contributed by atoms with Crippen molar-refractivity contribution in [2.45, 2.75) is 33.1 Å². The van der Waals surface area contributed by atoms with E-state index in [-0.39, 0.29) is 0 Å². The molecule has 2 N–H and O–H groups in total. The highest BCUT2D eigenvalue weighted by Crippen LogP contribution is 2.25. The van der Waals surface area contributed by atoms with Crippen LogP contribution in [0, 0.1) is 0 Å². The fourth-order valence-corrected chi connectivity index (χ4v) is 1.97. The highest BCUT2D eigenvalue weighted by molar-refractivity contribution is 6.30. The molecule has 0 heterocycles. The Morgan fingerprint density at radius 1 is 1.42 bits per heavy atom. The third kappa shape index (κ3) is 5.84. The maximum absolute atomic E-state index is 5.99. The Bertz CT molecular complexity index is 452. The largest absolute Gasteiger partial charge is 0.494 e. The number of aryl methyl sites for hydroxylation is 1. The van der Waals surface area contributed by atoms with Gasteiger partial charge in [-0.15, -0.1) is 0 Å². The standard InChI is InChI=1S/C16H22ClNO/c1-3-19-16-12-15(17)10-9-14(16)8-7-13(2)6-4-5-11-18/h5-6,9-12H,3-4,7-8,18H2,1-2H3/b11-5-,13-6-. The molecule has 19 heavy (non-hydrogen) atoms. The smallest absolute Gasteiger partial charge is 0.123 e. The van der Waals surface area contributed by atoms with Crippen LogP contribution < -0.4 is 10.5 Å². The van der Waals surface area contributed by atoms with Gasteiger partial charge in [0.15, 0.2) is 0 Å². The van der Waals surface area contributed by atoms with Crippen LogP contribution in [0.15, 0.2) is 42.1 Å². The molecule has 104 valence electrons. The summed E-state index contributed by atoms with van der Waals surface area (Å²) in [4.78, 5) is 0. The average molecular weight is 280 g/mol. The van der Waals surface area contributed by atoms with Crippen LogP contribution in [0.5, 0.6) is 5.75 Å². The molecule has 1 rings (SSSR count). The number of allylic oxidation sites excluding steroid dienone is 3. The number of halogens is 1. The van der Waals surface area contributed by atoms with E-state index in [1.54, 1.807) is 6.20 Å². The van der Waals surface area contributed by atoms with Gasteiger partial charge >= 0.3 is 0 Å². The van der Waals surface area contributed by atoms with Crippen LogP contribution in [0.2, 0.25) is 5.02 Å². The topological polar surface area (TPSA) is 35.2 Å². The third-order valence-electron chi connectivity index (χ3n) is 2.86. The number of hydrogen-bond acceptors (Lipinski definition) is 2. The van der Waals surface area contributed by atoms with Crippen LogP contribution in [0.4, 0.5) is 0 Å². The van der Waals surface area contributed by atoms with E-state index < -0.39 is 0 Å². The molecule has 0 aromatic heterocycles. The second kappa shape index (κ2) is 8.65. The highest BCUT2D eigenvalue weighted by Gasteiger charge is 2.04. The van der Waals surface area contributed by atoms with Gasteiger partial charge in [-0.25, -0.2) is 0 Å². The summed E-state index contributed by atoms with van der Waals surface area (Å²) in [6.07, 6.45) is 8.58. The summed E-state index contributed by atoms with van der Waals surface area (Å²) in [7, 11) is 0. The Morgan fingerprint density at radius 3 is 2.89 bits per heavy atom. The van der Waals surface area contributed by atoms with E-state index in [9.17, 15) is 0 Å². The Balaban J connectivity index is 2.64. The molecular weight excluding hydrogens is 258 g/mol. The van der Waals surface area contributed by atoms with Crippen LogP contribution in [0.3, 0.4) is 0 Å². The Morgan fingerprint density at radius 2 is 2.21 bits per heavy atom. The fourth-order valence-electron chi connectivity index (χ4n) is 1.81. The fraction of sp³-hybridized carbons (Fsp3) is 0.375. The molecule has 2 nitrogen and oxygen atoms in total. The van der Waals surface area contributed by atoms with Gasteiger partial charge in [0.1, 0.15) is 5.75 Å². The van der Waals surface area contributed by atoms with Gasteiger partial charge in [0.25, 0.3) is 0 Å². The Kier molecular flexibility index (Phi) is 7.12. The predicted octanol–water partition coefficient (Wildman–Crippen LogP) is 4.48. The molecule has 0 atom stereocenters. The summed E-state index contributed by atoms with van der Waals surface area (Å²) < 4.78 is 5.62. The predicted molar refractivity (Wildman–Crippen MR) is 82.6 cm³/mol. The molecule has 0 saturated heterocycles. The Hall–Kier alpha value is -1.41. The van der Waals surface area contributed by atoms with Crippen LogP contribution in [0.25, 0.3) is 0 Å². The van der Waals surface area contributed by atoms with E-state index >= 15 is 0 Å². The van der Waals surface area contributed by atoms with Gasteiger partial charge < -0.3 is 10.5 Å². The monoisotopic (exact) mass is 279 g/mol. The van der Waals surface area contributed by atoms with E-state index in [2.05, 4.69) is 13.0 Å². The zero-order valence-corrected chi connectivity index (χ0v) is 12.4. The molecule has 3 heteroatoms. The first-order valence-electron chi connectivity index (χ1n) is 6.61. The zero-order valence-electron chi connectivity index (χ0n) is 11.7. The van der Waals surface area contributed by atoms with Crippen LogP contribution in [0.1, 0.15) is 32.3 Å². The highest BCUT2D eigenvalue weighted by atomic mass is 35.5. The lowest BCUT2D eigenvalue weighted by Crippen LogP contribution is -1.97. The van der Waals surface area contributed by atoms with Gasteiger partial charge in [-0.2, -0.15) is 0 Å². The van der Waals surface area contributed by atoms with Crippen molar-refractivity contribution in [3.05, 3.63) is 52.7 Å². The van der Waals surface area contributed by atoms with Gasteiger partial charge in [-0.3, -0.25) is 0 Å². The lowest BCUT2D eigenvalue weighted by atomic mass is 10.0. The van der Waals surface area contributed by atoms with E-state index in [1.807, 2.05) is 31.2 Å². The maximum Gasteiger partial charge on any atom is 0.123 e. The van der Waals surface area contributed by atoms with E-state index in [0.29, 0.717) is 11.6 Å². The lowest BCUT2D eigenvalue weighted by Gasteiger charge is -2.10. The van der Waals surface area contributed by atoms with Crippen molar-refractivity contribution in [2.75, 3.05) is 6.61 Å². The molecule has 0 spiro atoms. The summed E-state index contributed by atoms with van der Waals surface area (Å²) in [6, 6.07) is 5.84. The molecule has 0 fully saturated rings. The zero-order chi connectivity index (χ0) is 14.1. The number of ether oxygens (including phenoxy) is 1.